The quantitative estimate of drug-likeness (QED) is 0.464. The van der Waals surface area contributed by atoms with Crippen LogP contribution in [0.1, 0.15) is 63.9 Å². The lowest BCUT2D eigenvalue weighted by molar-refractivity contribution is -0.145. The first kappa shape index (κ1) is 20.2. The molecule has 0 aromatic heterocycles. The molecular formula is C20H31NO3. The van der Waals surface area contributed by atoms with Crippen LogP contribution in [-0.4, -0.2) is 25.0 Å². The third kappa shape index (κ3) is 8.70. The molecule has 0 bridgehead atoms. The minimum Gasteiger partial charge on any atom is -0.467 e. The molecule has 0 saturated heterocycles. The van der Waals surface area contributed by atoms with Crippen LogP contribution in [0.3, 0.4) is 0 Å². The van der Waals surface area contributed by atoms with Crippen molar-refractivity contribution in [2.24, 2.45) is 0 Å². The number of aryl methyl sites for hydroxylation is 1. The lowest BCUT2D eigenvalue weighted by atomic mass is 10.1. The standard InChI is InChI=1S/C20H31NO3/c1-3-4-15-18(20(23)24-2)21-19(22)16-11-6-5-8-12-17-13-9-7-10-14-17/h7,9-10,13-14,18H,3-6,8,11-12,15-16H2,1-2H3,(H,21,22)/t18-/m0/s1. The summed E-state index contributed by atoms with van der Waals surface area (Å²) in [5.74, 6) is -0.399. The number of hydrogen-bond donors (Lipinski definition) is 1. The third-order valence-corrected chi connectivity index (χ3v) is 4.13. The molecule has 0 spiro atoms. The molecule has 0 aliphatic heterocycles. The van der Waals surface area contributed by atoms with Crippen LogP contribution < -0.4 is 5.32 Å². The number of carbonyl (C=O) groups excluding carboxylic acids is 2. The van der Waals surface area contributed by atoms with Gasteiger partial charge >= 0.3 is 5.97 Å². The summed E-state index contributed by atoms with van der Waals surface area (Å²) in [5.41, 5.74) is 1.37. The van der Waals surface area contributed by atoms with Crippen LogP contribution in [0.25, 0.3) is 0 Å². The molecule has 0 heterocycles. The summed E-state index contributed by atoms with van der Waals surface area (Å²) in [6, 6.07) is 9.96. The fourth-order valence-electron chi connectivity index (χ4n) is 2.68. The monoisotopic (exact) mass is 333 g/mol. The zero-order chi connectivity index (χ0) is 17.6. The maximum Gasteiger partial charge on any atom is 0.328 e. The Morgan fingerprint density at radius 1 is 1.04 bits per heavy atom. The smallest absolute Gasteiger partial charge is 0.328 e. The van der Waals surface area contributed by atoms with Gasteiger partial charge in [0.25, 0.3) is 0 Å². The van der Waals surface area contributed by atoms with E-state index in [1.165, 1.54) is 12.7 Å². The Morgan fingerprint density at radius 2 is 1.75 bits per heavy atom. The van der Waals surface area contributed by atoms with Crippen LogP contribution >= 0.6 is 0 Å². The van der Waals surface area contributed by atoms with Gasteiger partial charge in [-0.15, -0.1) is 0 Å². The average molecular weight is 333 g/mol. The lowest BCUT2D eigenvalue weighted by Gasteiger charge is -2.16. The van der Waals surface area contributed by atoms with E-state index < -0.39 is 6.04 Å². The molecule has 4 nitrogen and oxygen atoms in total. The zero-order valence-electron chi connectivity index (χ0n) is 15.1. The molecule has 4 heteroatoms. The third-order valence-electron chi connectivity index (χ3n) is 4.13. The summed E-state index contributed by atoms with van der Waals surface area (Å²) in [4.78, 5) is 23.6. The van der Waals surface area contributed by atoms with Crippen molar-refractivity contribution in [2.45, 2.75) is 70.8 Å². The predicted octanol–water partition coefficient (Wildman–Crippen LogP) is 4.03. The van der Waals surface area contributed by atoms with Crippen molar-refractivity contribution in [1.29, 1.82) is 0 Å². The summed E-state index contributed by atoms with van der Waals surface area (Å²) in [6.45, 7) is 2.06. The number of ether oxygens (including phenoxy) is 1. The average Bonchev–Trinajstić information content (AvgIpc) is 2.61. The topological polar surface area (TPSA) is 55.4 Å². The Hall–Kier alpha value is -1.84. The van der Waals surface area contributed by atoms with Gasteiger partial charge in [-0.2, -0.15) is 0 Å². The number of methoxy groups -OCH3 is 1. The Bertz CT molecular complexity index is 473. The van der Waals surface area contributed by atoms with Gasteiger partial charge in [0.15, 0.2) is 0 Å². The van der Waals surface area contributed by atoms with Gasteiger partial charge in [0, 0.05) is 6.42 Å². The van der Waals surface area contributed by atoms with E-state index in [9.17, 15) is 9.59 Å². The van der Waals surface area contributed by atoms with E-state index in [0.717, 1.165) is 44.9 Å². The normalized spacial score (nSPS) is 11.8. The van der Waals surface area contributed by atoms with Gasteiger partial charge in [0.05, 0.1) is 7.11 Å². The van der Waals surface area contributed by atoms with E-state index in [-0.39, 0.29) is 11.9 Å². The number of amides is 1. The summed E-state index contributed by atoms with van der Waals surface area (Å²) in [6.07, 6.45) is 8.28. The molecule has 0 radical (unpaired) electrons. The summed E-state index contributed by atoms with van der Waals surface area (Å²) >= 11 is 0. The largest absolute Gasteiger partial charge is 0.467 e. The predicted molar refractivity (Wildman–Crippen MR) is 96.7 cm³/mol. The van der Waals surface area contributed by atoms with Crippen LogP contribution in [0.2, 0.25) is 0 Å². The van der Waals surface area contributed by atoms with Crippen molar-refractivity contribution in [3.05, 3.63) is 35.9 Å². The van der Waals surface area contributed by atoms with Crippen molar-refractivity contribution in [3.8, 4) is 0 Å². The van der Waals surface area contributed by atoms with E-state index in [0.29, 0.717) is 12.8 Å². The number of carbonyl (C=O) groups is 2. The Morgan fingerprint density at radius 3 is 2.42 bits per heavy atom. The summed E-state index contributed by atoms with van der Waals surface area (Å²) in [5, 5.41) is 2.81. The Labute approximate surface area is 146 Å². The van der Waals surface area contributed by atoms with Gasteiger partial charge in [-0.3, -0.25) is 4.79 Å². The SMILES string of the molecule is CCCC[C@H](NC(=O)CCCCCCc1ccccc1)C(=O)OC. The fraction of sp³-hybridized carbons (Fsp3) is 0.600. The second-order valence-electron chi connectivity index (χ2n) is 6.19. The van der Waals surface area contributed by atoms with Crippen LogP contribution in [0.15, 0.2) is 30.3 Å². The molecule has 1 N–H and O–H groups in total. The van der Waals surface area contributed by atoms with Crippen LogP contribution in [-0.2, 0) is 20.7 Å². The second kappa shape index (κ2) is 12.6. The molecule has 134 valence electrons. The molecule has 1 amide bonds. The lowest BCUT2D eigenvalue weighted by Crippen LogP contribution is -2.41. The highest BCUT2D eigenvalue weighted by molar-refractivity contribution is 5.84. The van der Waals surface area contributed by atoms with Gasteiger partial charge in [0.2, 0.25) is 5.91 Å². The van der Waals surface area contributed by atoms with Crippen LogP contribution in [0.4, 0.5) is 0 Å². The molecular weight excluding hydrogens is 302 g/mol. The molecule has 1 rings (SSSR count). The maximum absolute atomic E-state index is 12.0. The van der Waals surface area contributed by atoms with Crippen molar-refractivity contribution in [3.63, 3.8) is 0 Å². The van der Waals surface area contributed by atoms with Crippen molar-refractivity contribution in [1.82, 2.24) is 5.32 Å². The minimum absolute atomic E-state index is 0.0513. The molecule has 0 aliphatic rings. The van der Waals surface area contributed by atoms with E-state index in [4.69, 9.17) is 4.74 Å². The number of rotatable bonds is 12. The van der Waals surface area contributed by atoms with E-state index >= 15 is 0 Å². The van der Waals surface area contributed by atoms with E-state index in [1.54, 1.807) is 0 Å². The molecule has 1 aromatic rings. The fourth-order valence-corrected chi connectivity index (χ4v) is 2.68. The van der Waals surface area contributed by atoms with Crippen LogP contribution in [0.5, 0.6) is 0 Å². The minimum atomic E-state index is -0.500. The molecule has 24 heavy (non-hydrogen) atoms. The number of esters is 1. The highest BCUT2D eigenvalue weighted by Gasteiger charge is 2.20. The highest BCUT2D eigenvalue weighted by atomic mass is 16.5. The first-order valence-electron chi connectivity index (χ1n) is 9.08. The molecule has 1 atom stereocenters. The maximum atomic E-state index is 12.0. The van der Waals surface area contributed by atoms with Crippen molar-refractivity contribution in [2.75, 3.05) is 7.11 Å². The first-order valence-corrected chi connectivity index (χ1v) is 9.08. The Balaban J connectivity index is 2.14. The molecule has 0 unspecified atom stereocenters. The molecule has 0 saturated carbocycles. The van der Waals surface area contributed by atoms with Gasteiger partial charge in [-0.05, 0) is 31.2 Å². The molecule has 0 aliphatic carbocycles. The summed E-state index contributed by atoms with van der Waals surface area (Å²) < 4.78 is 4.76. The Kier molecular flexibility index (Phi) is 10.6. The number of nitrogens with one attached hydrogen (secondary N) is 1. The number of hydrogen-bond acceptors (Lipinski definition) is 3. The first-order chi connectivity index (χ1) is 11.7. The highest BCUT2D eigenvalue weighted by Crippen LogP contribution is 2.09. The summed E-state index contributed by atoms with van der Waals surface area (Å²) in [7, 11) is 1.36. The van der Waals surface area contributed by atoms with Gasteiger partial charge in [0.1, 0.15) is 6.04 Å². The van der Waals surface area contributed by atoms with E-state index in [1.807, 2.05) is 6.07 Å². The van der Waals surface area contributed by atoms with Crippen molar-refractivity contribution < 1.29 is 14.3 Å². The van der Waals surface area contributed by atoms with Crippen LogP contribution in [0, 0.1) is 0 Å². The number of benzene rings is 1. The van der Waals surface area contributed by atoms with E-state index in [2.05, 4.69) is 36.5 Å². The molecule has 1 aromatic carbocycles. The van der Waals surface area contributed by atoms with Gasteiger partial charge in [-0.25, -0.2) is 4.79 Å². The van der Waals surface area contributed by atoms with Gasteiger partial charge < -0.3 is 10.1 Å². The number of unbranched alkanes of at least 4 members (excludes halogenated alkanes) is 4. The van der Waals surface area contributed by atoms with Gasteiger partial charge in [-0.1, -0.05) is 62.9 Å². The molecule has 0 fully saturated rings. The zero-order valence-corrected chi connectivity index (χ0v) is 15.1. The second-order valence-corrected chi connectivity index (χ2v) is 6.19. The van der Waals surface area contributed by atoms with Crippen molar-refractivity contribution >= 4 is 11.9 Å².